The van der Waals surface area contributed by atoms with Crippen LogP contribution in [0.1, 0.15) is 219 Å². The van der Waals surface area contributed by atoms with Gasteiger partial charge in [-0.3, -0.25) is 9.59 Å². The summed E-state index contributed by atoms with van der Waals surface area (Å²) in [7, 11) is 1.52. The predicted octanol–water partition coefficient (Wildman–Crippen LogP) is -2.30. The maximum absolute atomic E-state index is 11.7. The third-order valence-corrected chi connectivity index (χ3v) is 9.55. The molecule has 0 aliphatic carbocycles. The van der Waals surface area contributed by atoms with Crippen molar-refractivity contribution < 1.29 is 128 Å². The number of rotatable bonds is 37. The second kappa shape index (κ2) is 50.5. The van der Waals surface area contributed by atoms with Crippen LogP contribution in [0.5, 0.6) is 0 Å². The number of nitrogens with one attached hydrogen (secondary N) is 1. The molecule has 0 aromatic rings. The Balaban J connectivity index is -0.000000288. The molecule has 13 heteroatoms. The number of unbranched alkanes of at least 4 members (excludes halogenated alkanes) is 26. The summed E-state index contributed by atoms with van der Waals surface area (Å²) in [5.74, 6) is -4.47. The minimum atomic E-state index is -1.46. The molecular weight excluding hydrogens is 729 g/mol. The molecule has 0 fully saturated rings. The van der Waals surface area contributed by atoms with Gasteiger partial charge in [-0.25, -0.2) is 0 Å². The Hall–Kier alpha value is 0.350. The van der Waals surface area contributed by atoms with Crippen molar-refractivity contribution in [1.82, 2.24) is 10.2 Å². The fourth-order valence-electron chi connectivity index (χ4n) is 6.20. The third-order valence-electron chi connectivity index (χ3n) is 9.55. The summed E-state index contributed by atoms with van der Waals surface area (Å²) >= 11 is 0. The van der Waals surface area contributed by atoms with E-state index in [1.54, 1.807) is 0 Å². The largest absolute Gasteiger partial charge is 1.00 e. The smallest absolute Gasteiger partial charge is 0.550 e. The van der Waals surface area contributed by atoms with Crippen LogP contribution in [0, 0.1) is 0 Å². The van der Waals surface area contributed by atoms with E-state index >= 15 is 0 Å². The van der Waals surface area contributed by atoms with Gasteiger partial charge in [0, 0.05) is 25.9 Å². The van der Waals surface area contributed by atoms with Crippen LogP contribution in [0.15, 0.2) is 0 Å². The van der Waals surface area contributed by atoms with Gasteiger partial charge in [-0.05, 0) is 25.7 Å². The van der Waals surface area contributed by atoms with Crippen LogP contribution in [-0.4, -0.2) is 54.3 Å². The normalized spacial score (nSPS) is 10.7. The summed E-state index contributed by atoms with van der Waals surface area (Å²) in [6, 6.07) is -1.27. The predicted molar refractivity (Wildman–Crippen MR) is 204 cm³/mol. The van der Waals surface area contributed by atoms with Gasteiger partial charge in [-0.15, -0.1) is 0 Å². The molecule has 10 nitrogen and oxygen atoms in total. The summed E-state index contributed by atoms with van der Waals surface area (Å²) in [5, 5.41) is 34.0. The standard InChI is InChI=1S/C21H39NO5.C21H41NO3.3Na/c1-2-3-4-5-6-7-8-9-10-11-12-13-14-15-19(23)22-18(21(26)27)16-17-20(24)25;1-3-4-5-6-7-8-9-10-11-12-13-14-15-16-17-18-20(23)22(2)19-21(24)25;;;/h18H,2-17H2,1H3,(H,22,23)(H,24,25)(H,26,27);3-19H2,1-2H3,(H,24,25);;;/q;;3*+1/p-3/t18-;;;;/m0..../s1. The average molecular weight is 807 g/mol. The minimum absolute atomic E-state index is 0. The van der Waals surface area contributed by atoms with Gasteiger partial charge in [0.2, 0.25) is 11.8 Å². The van der Waals surface area contributed by atoms with E-state index in [2.05, 4.69) is 19.2 Å². The number of carbonyl (C=O) groups is 5. The van der Waals surface area contributed by atoms with Gasteiger partial charge in [0.25, 0.3) is 0 Å². The Morgan fingerprint density at radius 1 is 0.455 bits per heavy atom. The van der Waals surface area contributed by atoms with E-state index in [0.717, 1.165) is 25.7 Å². The molecule has 2 amide bonds. The first-order valence-electron chi connectivity index (χ1n) is 21.2. The Labute approximate surface area is 402 Å². The van der Waals surface area contributed by atoms with Crippen LogP contribution in [0.3, 0.4) is 0 Å². The molecule has 1 N–H and O–H groups in total. The first-order chi connectivity index (χ1) is 25.0. The average Bonchev–Trinajstić information content (AvgIpc) is 3.10. The summed E-state index contributed by atoms with van der Waals surface area (Å²) in [6.07, 6.45) is 35.4. The molecular formula is C42H77N2Na3O8. The zero-order valence-electron chi connectivity index (χ0n) is 36.6. The molecule has 0 aromatic heterocycles. The zero-order valence-corrected chi connectivity index (χ0v) is 42.6. The van der Waals surface area contributed by atoms with Crippen LogP contribution >= 0.6 is 0 Å². The quantitative estimate of drug-likeness (QED) is 0.0541. The number of carbonyl (C=O) groups excluding carboxylic acids is 5. The van der Waals surface area contributed by atoms with Gasteiger partial charge >= 0.3 is 88.7 Å². The number of carboxylic acid groups (broad SMARTS) is 3. The van der Waals surface area contributed by atoms with Crippen LogP contribution < -0.4 is 109 Å². The minimum Gasteiger partial charge on any atom is -0.550 e. The van der Waals surface area contributed by atoms with E-state index < -0.39 is 30.4 Å². The Morgan fingerprint density at radius 2 is 0.764 bits per heavy atom. The van der Waals surface area contributed by atoms with Crippen LogP contribution in [0.4, 0.5) is 0 Å². The molecule has 0 unspecified atom stereocenters. The Bertz CT molecular complexity index is 899. The van der Waals surface area contributed by atoms with Gasteiger partial charge in [0.15, 0.2) is 0 Å². The first-order valence-corrected chi connectivity index (χ1v) is 21.2. The number of hydrogen-bond donors (Lipinski definition) is 1. The molecule has 0 radical (unpaired) electrons. The molecule has 55 heavy (non-hydrogen) atoms. The molecule has 0 heterocycles. The number of nitrogens with zero attached hydrogens (tertiary/aromatic N) is 1. The van der Waals surface area contributed by atoms with Crippen molar-refractivity contribution in [2.45, 2.75) is 225 Å². The van der Waals surface area contributed by atoms with E-state index in [1.165, 1.54) is 160 Å². The van der Waals surface area contributed by atoms with Gasteiger partial charge in [-0.1, -0.05) is 181 Å². The zero-order chi connectivity index (χ0) is 39.1. The molecule has 0 bridgehead atoms. The Morgan fingerprint density at radius 3 is 1.05 bits per heavy atom. The molecule has 0 saturated heterocycles. The number of hydrogen-bond acceptors (Lipinski definition) is 8. The first kappa shape index (κ1) is 64.5. The maximum Gasteiger partial charge on any atom is 1.00 e. The summed E-state index contributed by atoms with van der Waals surface area (Å²) in [5.41, 5.74) is 0. The van der Waals surface area contributed by atoms with Crippen LogP contribution in [0.2, 0.25) is 0 Å². The maximum atomic E-state index is 11.7. The van der Waals surface area contributed by atoms with E-state index in [4.69, 9.17) is 0 Å². The van der Waals surface area contributed by atoms with Crippen LogP contribution in [0.25, 0.3) is 0 Å². The van der Waals surface area contributed by atoms with E-state index in [1.807, 2.05) is 0 Å². The molecule has 0 rings (SSSR count). The van der Waals surface area contributed by atoms with Crippen LogP contribution in [-0.2, 0) is 24.0 Å². The molecule has 0 saturated carbocycles. The molecule has 0 aromatic carbocycles. The second-order valence-electron chi connectivity index (χ2n) is 14.7. The number of aliphatic carboxylic acids is 3. The van der Waals surface area contributed by atoms with Gasteiger partial charge in [-0.2, -0.15) is 0 Å². The number of carboxylic acids is 3. The number of amides is 2. The molecule has 0 aliphatic heterocycles. The topological polar surface area (TPSA) is 170 Å². The van der Waals surface area contributed by atoms with Crippen molar-refractivity contribution in [1.29, 1.82) is 0 Å². The van der Waals surface area contributed by atoms with Crippen molar-refractivity contribution in [3.63, 3.8) is 0 Å². The third kappa shape index (κ3) is 52.3. The van der Waals surface area contributed by atoms with E-state index in [9.17, 15) is 39.3 Å². The SMILES string of the molecule is CCCCCCCCCCCCCCCC(=O)N[C@@H](CCC(=O)[O-])C(=O)[O-].CCCCCCCCCCCCCCCCCC(=O)N(C)CC(=O)[O-].[Na+].[Na+].[Na+]. The molecule has 1 atom stereocenters. The summed E-state index contributed by atoms with van der Waals surface area (Å²) in [6.45, 7) is 4.19. The molecule has 0 spiro atoms. The fraction of sp³-hybridized carbons (Fsp3) is 0.881. The van der Waals surface area contributed by atoms with Gasteiger partial charge < -0.3 is 39.9 Å². The van der Waals surface area contributed by atoms with Gasteiger partial charge in [0.1, 0.15) is 0 Å². The summed E-state index contributed by atoms with van der Waals surface area (Å²) in [4.78, 5) is 56.3. The van der Waals surface area contributed by atoms with Gasteiger partial charge in [0.05, 0.1) is 24.5 Å². The number of likely N-dealkylation sites (N-methyl/N-ethyl adjacent to an activating group) is 1. The van der Waals surface area contributed by atoms with Crippen molar-refractivity contribution in [2.75, 3.05) is 13.6 Å². The second-order valence-corrected chi connectivity index (χ2v) is 14.7. The van der Waals surface area contributed by atoms with E-state index in [-0.39, 0.29) is 120 Å². The van der Waals surface area contributed by atoms with Crippen molar-refractivity contribution in [3.8, 4) is 0 Å². The monoisotopic (exact) mass is 807 g/mol. The van der Waals surface area contributed by atoms with E-state index in [0.29, 0.717) is 12.8 Å². The van der Waals surface area contributed by atoms with Crippen molar-refractivity contribution in [2.24, 2.45) is 0 Å². The van der Waals surface area contributed by atoms with Crippen molar-refractivity contribution >= 4 is 29.7 Å². The van der Waals surface area contributed by atoms with Crippen molar-refractivity contribution in [3.05, 3.63) is 0 Å². The summed E-state index contributed by atoms with van der Waals surface area (Å²) < 4.78 is 0. The fourth-order valence-corrected chi connectivity index (χ4v) is 6.20. The Kier molecular flexibility index (Phi) is 59.2. The molecule has 0 aliphatic rings. The molecule has 306 valence electrons.